The first-order valence-electron chi connectivity index (χ1n) is 8.57. The molecule has 0 saturated carbocycles. The maximum Gasteiger partial charge on any atom is 0.407 e. The normalized spacial score (nSPS) is 12.7. The SMILES string of the molecule is COc1ccc(OC)c(C(O)C(O)CCNC(=O)OCc2ccccc2)c1. The van der Waals surface area contributed by atoms with Crippen molar-refractivity contribution in [3.63, 3.8) is 0 Å². The van der Waals surface area contributed by atoms with Crippen LogP contribution in [0.5, 0.6) is 11.5 Å². The van der Waals surface area contributed by atoms with E-state index in [0.717, 1.165) is 5.56 Å². The maximum atomic E-state index is 11.7. The van der Waals surface area contributed by atoms with Gasteiger partial charge in [-0.25, -0.2) is 4.79 Å². The average molecular weight is 375 g/mol. The molecule has 0 radical (unpaired) electrons. The number of alkyl carbamates (subject to hydrolysis) is 1. The molecule has 0 aliphatic rings. The standard InChI is InChI=1S/C20H25NO6/c1-25-15-8-9-18(26-2)16(12-15)19(23)17(22)10-11-21-20(24)27-13-14-6-4-3-5-7-14/h3-9,12,17,19,22-23H,10-11,13H2,1-2H3,(H,21,24). The molecule has 0 aliphatic heterocycles. The molecule has 3 N–H and O–H groups in total. The Hall–Kier alpha value is -2.77. The van der Waals surface area contributed by atoms with Gasteiger partial charge in [-0.05, 0) is 30.2 Å². The van der Waals surface area contributed by atoms with Crippen molar-refractivity contribution >= 4 is 6.09 Å². The van der Waals surface area contributed by atoms with Crippen LogP contribution >= 0.6 is 0 Å². The van der Waals surface area contributed by atoms with E-state index >= 15 is 0 Å². The molecule has 7 nitrogen and oxygen atoms in total. The van der Waals surface area contributed by atoms with E-state index in [-0.39, 0.29) is 19.6 Å². The van der Waals surface area contributed by atoms with Crippen molar-refractivity contribution in [1.29, 1.82) is 0 Å². The number of hydrogen-bond acceptors (Lipinski definition) is 6. The highest BCUT2D eigenvalue weighted by atomic mass is 16.5. The minimum atomic E-state index is -1.18. The first-order chi connectivity index (χ1) is 13.0. The summed E-state index contributed by atoms with van der Waals surface area (Å²) in [6, 6.07) is 14.3. The lowest BCUT2D eigenvalue weighted by atomic mass is 10.0. The second-order valence-electron chi connectivity index (χ2n) is 5.90. The highest BCUT2D eigenvalue weighted by Crippen LogP contribution is 2.31. The molecule has 2 rings (SSSR count). The summed E-state index contributed by atoms with van der Waals surface area (Å²) in [5, 5.41) is 23.2. The van der Waals surface area contributed by atoms with Crippen molar-refractivity contribution in [2.24, 2.45) is 0 Å². The lowest BCUT2D eigenvalue weighted by molar-refractivity contribution is 0.0122. The van der Waals surface area contributed by atoms with Crippen molar-refractivity contribution < 1.29 is 29.2 Å². The predicted molar refractivity (Wildman–Crippen MR) is 99.8 cm³/mol. The second kappa shape index (κ2) is 10.4. The zero-order chi connectivity index (χ0) is 19.6. The molecule has 2 aromatic carbocycles. The van der Waals surface area contributed by atoms with E-state index in [1.54, 1.807) is 18.2 Å². The van der Waals surface area contributed by atoms with Gasteiger partial charge in [-0.15, -0.1) is 0 Å². The fraction of sp³-hybridized carbons (Fsp3) is 0.350. The van der Waals surface area contributed by atoms with E-state index in [4.69, 9.17) is 14.2 Å². The molecule has 1 amide bonds. The van der Waals surface area contributed by atoms with Gasteiger partial charge in [-0.2, -0.15) is 0 Å². The Morgan fingerprint density at radius 1 is 1.07 bits per heavy atom. The van der Waals surface area contributed by atoms with Crippen LogP contribution < -0.4 is 14.8 Å². The number of amides is 1. The van der Waals surface area contributed by atoms with E-state index in [1.165, 1.54) is 14.2 Å². The molecule has 2 atom stereocenters. The number of aliphatic hydroxyl groups excluding tert-OH is 2. The topological polar surface area (TPSA) is 97.3 Å². The summed E-state index contributed by atoms with van der Waals surface area (Å²) in [6.45, 7) is 0.316. The average Bonchev–Trinajstić information content (AvgIpc) is 2.71. The molecule has 2 aromatic rings. The zero-order valence-corrected chi connectivity index (χ0v) is 15.4. The van der Waals surface area contributed by atoms with Gasteiger partial charge in [0, 0.05) is 12.1 Å². The van der Waals surface area contributed by atoms with Gasteiger partial charge in [0.2, 0.25) is 0 Å². The molecular formula is C20H25NO6. The van der Waals surface area contributed by atoms with Gasteiger partial charge in [-0.1, -0.05) is 30.3 Å². The van der Waals surface area contributed by atoms with E-state index < -0.39 is 18.3 Å². The lowest BCUT2D eigenvalue weighted by Crippen LogP contribution is -2.29. The van der Waals surface area contributed by atoms with Crippen molar-refractivity contribution in [3.05, 3.63) is 59.7 Å². The molecule has 0 saturated heterocycles. The van der Waals surface area contributed by atoms with Gasteiger partial charge < -0.3 is 29.7 Å². The highest BCUT2D eigenvalue weighted by Gasteiger charge is 2.22. The Balaban J connectivity index is 1.81. The van der Waals surface area contributed by atoms with Crippen LogP contribution in [0.1, 0.15) is 23.7 Å². The van der Waals surface area contributed by atoms with Gasteiger partial charge in [0.25, 0.3) is 0 Å². The number of nitrogens with one attached hydrogen (secondary N) is 1. The van der Waals surface area contributed by atoms with Crippen molar-refractivity contribution in [1.82, 2.24) is 5.32 Å². The fourth-order valence-corrected chi connectivity index (χ4v) is 2.53. The molecular weight excluding hydrogens is 350 g/mol. The Morgan fingerprint density at radius 2 is 1.81 bits per heavy atom. The number of methoxy groups -OCH3 is 2. The number of carbonyl (C=O) groups excluding carboxylic acids is 1. The van der Waals surface area contributed by atoms with Crippen molar-refractivity contribution in [3.8, 4) is 11.5 Å². The number of rotatable bonds is 9. The van der Waals surface area contributed by atoms with E-state index in [9.17, 15) is 15.0 Å². The lowest BCUT2D eigenvalue weighted by Gasteiger charge is -2.21. The van der Waals surface area contributed by atoms with Crippen LogP contribution in [0.15, 0.2) is 48.5 Å². The minimum absolute atomic E-state index is 0.141. The van der Waals surface area contributed by atoms with Crippen LogP contribution in [0, 0.1) is 0 Å². The second-order valence-corrected chi connectivity index (χ2v) is 5.90. The fourth-order valence-electron chi connectivity index (χ4n) is 2.53. The van der Waals surface area contributed by atoms with Crippen LogP contribution in [-0.2, 0) is 11.3 Å². The number of hydrogen-bond donors (Lipinski definition) is 3. The van der Waals surface area contributed by atoms with Crippen LogP contribution in [0.4, 0.5) is 4.79 Å². The maximum absolute atomic E-state index is 11.7. The first kappa shape index (κ1) is 20.5. The van der Waals surface area contributed by atoms with Crippen LogP contribution in [0.25, 0.3) is 0 Å². The number of aliphatic hydroxyl groups is 2. The summed E-state index contributed by atoms with van der Waals surface area (Å²) in [4.78, 5) is 11.7. The molecule has 0 bridgehead atoms. The van der Waals surface area contributed by atoms with Crippen LogP contribution in [-0.4, -0.2) is 43.2 Å². The molecule has 0 fully saturated rings. The summed E-state index contributed by atoms with van der Waals surface area (Å²) in [6.07, 6.45) is -2.72. The highest BCUT2D eigenvalue weighted by molar-refractivity contribution is 5.67. The molecule has 2 unspecified atom stereocenters. The summed E-state index contributed by atoms with van der Waals surface area (Å²) < 4.78 is 15.4. The quantitative estimate of drug-likeness (QED) is 0.623. The molecule has 27 heavy (non-hydrogen) atoms. The van der Waals surface area contributed by atoms with Gasteiger partial charge in [0.15, 0.2) is 0 Å². The van der Waals surface area contributed by atoms with Gasteiger partial charge in [0.1, 0.15) is 24.2 Å². The number of benzene rings is 2. The van der Waals surface area contributed by atoms with Crippen molar-refractivity contribution in [2.45, 2.75) is 25.2 Å². The minimum Gasteiger partial charge on any atom is -0.497 e. The third-order valence-corrected chi connectivity index (χ3v) is 4.04. The Bertz CT molecular complexity index is 722. The van der Waals surface area contributed by atoms with E-state index in [1.807, 2.05) is 30.3 Å². The zero-order valence-electron chi connectivity index (χ0n) is 15.4. The Kier molecular flexibility index (Phi) is 7.91. The molecule has 0 aromatic heterocycles. The Labute approximate surface area is 158 Å². The van der Waals surface area contributed by atoms with Gasteiger partial charge in [0.05, 0.1) is 20.3 Å². The first-order valence-corrected chi connectivity index (χ1v) is 8.57. The smallest absolute Gasteiger partial charge is 0.407 e. The molecule has 0 aliphatic carbocycles. The summed E-state index contributed by atoms with van der Waals surface area (Å²) >= 11 is 0. The van der Waals surface area contributed by atoms with Crippen molar-refractivity contribution in [2.75, 3.05) is 20.8 Å². The summed E-state index contributed by atoms with van der Waals surface area (Å²) in [5.74, 6) is 0.984. The molecule has 7 heteroatoms. The van der Waals surface area contributed by atoms with Crippen LogP contribution in [0.2, 0.25) is 0 Å². The molecule has 146 valence electrons. The monoisotopic (exact) mass is 375 g/mol. The largest absolute Gasteiger partial charge is 0.497 e. The summed E-state index contributed by atoms with van der Waals surface area (Å²) in [5.41, 5.74) is 1.30. The third kappa shape index (κ3) is 6.16. The van der Waals surface area contributed by atoms with Gasteiger partial charge in [-0.3, -0.25) is 0 Å². The van der Waals surface area contributed by atoms with Gasteiger partial charge >= 0.3 is 6.09 Å². The summed E-state index contributed by atoms with van der Waals surface area (Å²) in [7, 11) is 2.99. The third-order valence-electron chi connectivity index (χ3n) is 4.04. The van der Waals surface area contributed by atoms with E-state index in [0.29, 0.717) is 17.1 Å². The number of ether oxygens (including phenoxy) is 3. The van der Waals surface area contributed by atoms with Crippen LogP contribution in [0.3, 0.4) is 0 Å². The number of carbonyl (C=O) groups is 1. The molecule has 0 heterocycles. The van der Waals surface area contributed by atoms with E-state index in [2.05, 4.69) is 5.32 Å². The predicted octanol–water partition coefficient (Wildman–Crippen LogP) is 2.41. The molecule has 0 spiro atoms. The Morgan fingerprint density at radius 3 is 2.48 bits per heavy atom.